The third-order valence-electron chi connectivity index (χ3n) is 5.07. The molecule has 1 unspecified atom stereocenters. The number of ether oxygens (including phenoxy) is 2. The van der Waals surface area contributed by atoms with E-state index in [4.69, 9.17) is 9.47 Å². The van der Waals surface area contributed by atoms with E-state index in [0.717, 1.165) is 32.2 Å². The maximum atomic E-state index is 5.67. The first kappa shape index (κ1) is 21.0. The molecule has 6 heteroatoms. The normalized spacial score (nSPS) is 23.9. The summed E-state index contributed by atoms with van der Waals surface area (Å²) in [6.45, 7) is 7.77. The molecular formula is C17H34IN3O2. The fourth-order valence-electron chi connectivity index (χ4n) is 3.58. The topological polar surface area (TPSA) is 46.1 Å². The highest BCUT2D eigenvalue weighted by Gasteiger charge is 2.30. The van der Waals surface area contributed by atoms with Gasteiger partial charge < -0.3 is 19.7 Å². The monoisotopic (exact) mass is 439 g/mol. The SMILES string of the molecule is CN=C(NCC1(C)CCCC1)N1CCC(COCCOC)C1.I. The first-order chi connectivity index (χ1) is 10.7. The highest BCUT2D eigenvalue weighted by atomic mass is 127. The first-order valence-electron chi connectivity index (χ1n) is 8.69. The van der Waals surface area contributed by atoms with Gasteiger partial charge in [-0.15, -0.1) is 24.0 Å². The summed E-state index contributed by atoms with van der Waals surface area (Å²) in [6, 6.07) is 0. The van der Waals surface area contributed by atoms with Crippen LogP contribution in [0.1, 0.15) is 39.0 Å². The number of methoxy groups -OCH3 is 1. The summed E-state index contributed by atoms with van der Waals surface area (Å²) in [5, 5.41) is 3.61. The van der Waals surface area contributed by atoms with Crippen LogP contribution in [0.5, 0.6) is 0 Å². The zero-order chi connectivity index (χ0) is 15.8. The maximum Gasteiger partial charge on any atom is 0.193 e. The summed E-state index contributed by atoms with van der Waals surface area (Å²) < 4.78 is 10.7. The van der Waals surface area contributed by atoms with E-state index in [0.29, 0.717) is 24.5 Å². The molecule has 0 spiro atoms. The summed E-state index contributed by atoms with van der Waals surface area (Å²) in [7, 11) is 3.60. The lowest BCUT2D eigenvalue weighted by Gasteiger charge is -2.28. The Hall–Kier alpha value is -0.0800. The molecule has 1 heterocycles. The Bertz CT molecular complexity index is 360. The number of guanidine groups is 1. The van der Waals surface area contributed by atoms with Gasteiger partial charge >= 0.3 is 0 Å². The third-order valence-corrected chi connectivity index (χ3v) is 5.07. The van der Waals surface area contributed by atoms with Crippen LogP contribution in [0, 0.1) is 11.3 Å². The van der Waals surface area contributed by atoms with Crippen molar-refractivity contribution >= 4 is 29.9 Å². The minimum atomic E-state index is 0. The molecule has 23 heavy (non-hydrogen) atoms. The van der Waals surface area contributed by atoms with Gasteiger partial charge in [0, 0.05) is 39.7 Å². The van der Waals surface area contributed by atoms with Crippen LogP contribution < -0.4 is 5.32 Å². The van der Waals surface area contributed by atoms with E-state index in [9.17, 15) is 0 Å². The van der Waals surface area contributed by atoms with Gasteiger partial charge in [-0.1, -0.05) is 19.8 Å². The second kappa shape index (κ2) is 10.7. The van der Waals surface area contributed by atoms with E-state index in [1.807, 2.05) is 7.05 Å². The van der Waals surface area contributed by atoms with Gasteiger partial charge in [0.05, 0.1) is 19.8 Å². The molecule has 0 aromatic carbocycles. The predicted octanol–water partition coefficient (Wildman–Crippen LogP) is 2.75. The zero-order valence-electron chi connectivity index (χ0n) is 15.0. The molecule has 1 aliphatic carbocycles. The van der Waals surface area contributed by atoms with Crippen LogP contribution in [0.3, 0.4) is 0 Å². The summed E-state index contributed by atoms with van der Waals surface area (Å²) in [5.74, 6) is 1.67. The number of nitrogens with zero attached hydrogens (tertiary/aromatic N) is 2. The zero-order valence-corrected chi connectivity index (χ0v) is 17.3. The summed E-state index contributed by atoms with van der Waals surface area (Å²) in [5.41, 5.74) is 0.457. The van der Waals surface area contributed by atoms with Crippen molar-refractivity contribution in [3.05, 3.63) is 0 Å². The lowest BCUT2D eigenvalue weighted by Crippen LogP contribution is -2.44. The second-order valence-corrected chi connectivity index (χ2v) is 7.09. The van der Waals surface area contributed by atoms with Gasteiger partial charge in [-0.25, -0.2) is 0 Å². The number of nitrogens with one attached hydrogen (secondary N) is 1. The van der Waals surface area contributed by atoms with Crippen molar-refractivity contribution in [2.24, 2.45) is 16.3 Å². The molecule has 2 fully saturated rings. The average molecular weight is 439 g/mol. The van der Waals surface area contributed by atoms with E-state index in [1.54, 1.807) is 7.11 Å². The van der Waals surface area contributed by atoms with Gasteiger partial charge in [0.1, 0.15) is 0 Å². The molecule has 1 N–H and O–H groups in total. The molecule has 136 valence electrons. The lowest BCUT2D eigenvalue weighted by atomic mass is 9.89. The largest absolute Gasteiger partial charge is 0.382 e. The summed E-state index contributed by atoms with van der Waals surface area (Å²) in [6.07, 6.45) is 6.62. The van der Waals surface area contributed by atoms with Crippen LogP contribution in [0.25, 0.3) is 0 Å². The quantitative estimate of drug-likeness (QED) is 0.287. The van der Waals surface area contributed by atoms with Crippen molar-refractivity contribution in [2.75, 3.05) is 53.6 Å². The Morgan fingerprint density at radius 1 is 1.30 bits per heavy atom. The highest BCUT2D eigenvalue weighted by Crippen LogP contribution is 2.36. The first-order valence-corrected chi connectivity index (χ1v) is 8.69. The molecule has 0 bridgehead atoms. The molecule has 1 atom stereocenters. The van der Waals surface area contributed by atoms with Crippen LogP contribution in [-0.2, 0) is 9.47 Å². The molecule has 0 aromatic rings. The van der Waals surface area contributed by atoms with Crippen molar-refractivity contribution in [3.63, 3.8) is 0 Å². The Labute approximate surface area is 158 Å². The fraction of sp³-hybridized carbons (Fsp3) is 0.941. The van der Waals surface area contributed by atoms with E-state index in [2.05, 4.69) is 22.1 Å². The third kappa shape index (κ3) is 6.74. The average Bonchev–Trinajstić information content (AvgIpc) is 3.15. The van der Waals surface area contributed by atoms with Crippen LogP contribution >= 0.6 is 24.0 Å². The van der Waals surface area contributed by atoms with Crippen LogP contribution in [-0.4, -0.2) is 64.5 Å². The van der Waals surface area contributed by atoms with E-state index >= 15 is 0 Å². The van der Waals surface area contributed by atoms with Gasteiger partial charge in [0.2, 0.25) is 0 Å². The highest BCUT2D eigenvalue weighted by molar-refractivity contribution is 14.0. The molecule has 1 aliphatic heterocycles. The molecule has 2 rings (SSSR count). The lowest BCUT2D eigenvalue weighted by molar-refractivity contribution is 0.0536. The minimum absolute atomic E-state index is 0. The van der Waals surface area contributed by atoms with Gasteiger partial charge in [0.15, 0.2) is 5.96 Å². The Kier molecular flexibility index (Phi) is 9.77. The van der Waals surface area contributed by atoms with Crippen molar-refractivity contribution in [1.82, 2.24) is 10.2 Å². The smallest absolute Gasteiger partial charge is 0.193 e. The van der Waals surface area contributed by atoms with Gasteiger partial charge in [-0.3, -0.25) is 4.99 Å². The predicted molar refractivity (Wildman–Crippen MR) is 106 cm³/mol. The van der Waals surface area contributed by atoms with Crippen molar-refractivity contribution in [1.29, 1.82) is 0 Å². The number of halogens is 1. The molecule has 0 radical (unpaired) electrons. The molecule has 5 nitrogen and oxygen atoms in total. The van der Waals surface area contributed by atoms with Gasteiger partial charge in [0.25, 0.3) is 0 Å². The van der Waals surface area contributed by atoms with E-state index in [-0.39, 0.29) is 24.0 Å². The van der Waals surface area contributed by atoms with Crippen molar-refractivity contribution in [3.8, 4) is 0 Å². The standard InChI is InChI=1S/C17H33N3O2.HI/c1-17(7-4-5-8-17)14-19-16(18-2)20-9-6-15(12-20)13-22-11-10-21-3;/h15H,4-14H2,1-3H3,(H,18,19);1H. The van der Waals surface area contributed by atoms with Crippen LogP contribution in [0.2, 0.25) is 0 Å². The van der Waals surface area contributed by atoms with Crippen LogP contribution in [0.4, 0.5) is 0 Å². The summed E-state index contributed by atoms with van der Waals surface area (Å²) in [4.78, 5) is 6.85. The fourth-order valence-corrected chi connectivity index (χ4v) is 3.58. The van der Waals surface area contributed by atoms with Gasteiger partial charge in [-0.2, -0.15) is 0 Å². The minimum Gasteiger partial charge on any atom is -0.382 e. The number of aliphatic imine (C=N–C) groups is 1. The number of likely N-dealkylation sites (tertiary alicyclic amines) is 1. The van der Waals surface area contributed by atoms with E-state index < -0.39 is 0 Å². The van der Waals surface area contributed by atoms with Gasteiger partial charge in [-0.05, 0) is 24.7 Å². The van der Waals surface area contributed by atoms with E-state index in [1.165, 1.54) is 32.1 Å². The molecule has 0 amide bonds. The molecule has 1 saturated heterocycles. The Morgan fingerprint density at radius 3 is 2.70 bits per heavy atom. The number of hydrogen-bond donors (Lipinski definition) is 1. The van der Waals surface area contributed by atoms with Crippen molar-refractivity contribution < 1.29 is 9.47 Å². The molecule has 2 aliphatic rings. The number of rotatable bonds is 7. The maximum absolute atomic E-state index is 5.67. The summed E-state index contributed by atoms with van der Waals surface area (Å²) >= 11 is 0. The van der Waals surface area contributed by atoms with Crippen LogP contribution in [0.15, 0.2) is 4.99 Å². The Balaban J connectivity index is 0.00000264. The Morgan fingerprint density at radius 2 is 2.04 bits per heavy atom. The van der Waals surface area contributed by atoms with Crippen molar-refractivity contribution in [2.45, 2.75) is 39.0 Å². The molecule has 0 aromatic heterocycles. The number of hydrogen-bond acceptors (Lipinski definition) is 3. The molecular weight excluding hydrogens is 405 g/mol. The second-order valence-electron chi connectivity index (χ2n) is 7.09. The molecule has 1 saturated carbocycles.